The average molecular weight is 250 g/mol. The molecular weight excluding hydrogens is 228 g/mol. The lowest BCUT2D eigenvalue weighted by atomic mass is 10.1. The minimum atomic E-state index is -3.15. The topological polar surface area (TPSA) is 58.6 Å². The van der Waals surface area contributed by atoms with Crippen molar-refractivity contribution in [2.45, 2.75) is 25.8 Å². The van der Waals surface area contributed by atoms with Gasteiger partial charge in [0.15, 0.2) is 0 Å². The van der Waals surface area contributed by atoms with Crippen molar-refractivity contribution in [3.63, 3.8) is 0 Å². The Morgan fingerprint density at radius 1 is 1.44 bits per heavy atom. The van der Waals surface area contributed by atoms with E-state index >= 15 is 0 Å². The molecular formula is C10H22N2O3S. The molecule has 1 aliphatic rings. The minimum absolute atomic E-state index is 0.206. The number of morpholine rings is 1. The van der Waals surface area contributed by atoms with Crippen molar-refractivity contribution in [3.05, 3.63) is 0 Å². The van der Waals surface area contributed by atoms with Crippen LogP contribution < -0.4 is 5.32 Å². The summed E-state index contributed by atoms with van der Waals surface area (Å²) in [7, 11) is -1.33. The second kappa shape index (κ2) is 5.44. The van der Waals surface area contributed by atoms with Crippen LogP contribution in [0.15, 0.2) is 0 Å². The zero-order valence-corrected chi connectivity index (χ0v) is 11.1. The van der Waals surface area contributed by atoms with Crippen molar-refractivity contribution >= 4 is 10.0 Å². The third kappa shape index (κ3) is 3.41. The van der Waals surface area contributed by atoms with Gasteiger partial charge in [-0.1, -0.05) is 0 Å². The summed E-state index contributed by atoms with van der Waals surface area (Å²) in [5.74, 6) is 0.206. The van der Waals surface area contributed by atoms with Gasteiger partial charge in [-0.2, -0.15) is 4.31 Å². The molecule has 96 valence electrons. The summed E-state index contributed by atoms with van der Waals surface area (Å²) in [6.07, 6.45) is 0.645. The summed E-state index contributed by atoms with van der Waals surface area (Å²) in [4.78, 5) is 0. The predicted octanol–water partition coefficient (Wildman–Crippen LogP) is 0.0365. The van der Waals surface area contributed by atoms with Crippen LogP contribution in [0, 0.1) is 0 Å². The fourth-order valence-electron chi connectivity index (χ4n) is 1.90. The maximum atomic E-state index is 12.1. The van der Waals surface area contributed by atoms with E-state index < -0.39 is 15.6 Å². The molecule has 0 atom stereocenters. The van der Waals surface area contributed by atoms with Crippen LogP contribution in [0.2, 0.25) is 0 Å². The molecule has 0 spiro atoms. The van der Waals surface area contributed by atoms with Crippen molar-refractivity contribution in [2.24, 2.45) is 0 Å². The van der Waals surface area contributed by atoms with Gasteiger partial charge in [0.1, 0.15) is 0 Å². The normalized spacial score (nSPS) is 22.2. The smallest absolute Gasteiger partial charge is 0.214 e. The molecule has 1 N–H and O–H groups in total. The van der Waals surface area contributed by atoms with Crippen molar-refractivity contribution in [3.8, 4) is 0 Å². The molecule has 0 aliphatic carbocycles. The Labute approximate surface area is 98.2 Å². The second-order valence-electron chi connectivity index (χ2n) is 4.71. The molecule has 0 amide bonds. The number of hydrogen-bond acceptors (Lipinski definition) is 4. The fourth-order valence-corrected chi connectivity index (χ4v) is 3.79. The van der Waals surface area contributed by atoms with E-state index in [1.165, 1.54) is 0 Å². The first-order chi connectivity index (χ1) is 7.40. The molecule has 0 aromatic rings. The van der Waals surface area contributed by atoms with Crippen LogP contribution in [0.4, 0.5) is 0 Å². The molecule has 1 rings (SSSR count). The number of rotatable bonds is 5. The Morgan fingerprint density at radius 3 is 2.69 bits per heavy atom. The Hall–Kier alpha value is -0.170. The van der Waals surface area contributed by atoms with Crippen molar-refractivity contribution in [2.75, 3.05) is 39.1 Å². The number of nitrogens with zero attached hydrogens (tertiary/aromatic N) is 1. The van der Waals surface area contributed by atoms with Crippen LogP contribution in [-0.2, 0) is 14.8 Å². The third-order valence-electron chi connectivity index (χ3n) is 2.73. The maximum Gasteiger partial charge on any atom is 0.214 e. The summed E-state index contributed by atoms with van der Waals surface area (Å²) in [5, 5.41) is 2.96. The molecule has 0 aromatic heterocycles. The largest absolute Gasteiger partial charge is 0.378 e. The van der Waals surface area contributed by atoms with Crippen LogP contribution in [0.25, 0.3) is 0 Å². The van der Waals surface area contributed by atoms with E-state index in [1.54, 1.807) is 4.31 Å². The van der Waals surface area contributed by atoms with Gasteiger partial charge in [0.2, 0.25) is 10.0 Å². The highest BCUT2D eigenvalue weighted by atomic mass is 32.2. The zero-order chi connectivity index (χ0) is 12.2. The lowest BCUT2D eigenvalue weighted by molar-refractivity contribution is -0.00769. The average Bonchev–Trinajstić information content (AvgIpc) is 2.16. The molecule has 0 aromatic carbocycles. The lowest BCUT2D eigenvalue weighted by Gasteiger charge is -2.40. The van der Waals surface area contributed by atoms with Gasteiger partial charge in [-0.25, -0.2) is 8.42 Å². The van der Waals surface area contributed by atoms with Gasteiger partial charge < -0.3 is 10.1 Å². The van der Waals surface area contributed by atoms with Gasteiger partial charge >= 0.3 is 0 Å². The Balaban J connectivity index is 2.66. The summed E-state index contributed by atoms with van der Waals surface area (Å²) in [6.45, 7) is 5.97. The second-order valence-corrected chi connectivity index (χ2v) is 6.72. The summed E-state index contributed by atoms with van der Waals surface area (Å²) in [6, 6.07) is 0. The number of hydrogen-bond donors (Lipinski definition) is 1. The van der Waals surface area contributed by atoms with Crippen LogP contribution in [-0.4, -0.2) is 57.4 Å². The molecule has 5 nitrogen and oxygen atoms in total. The maximum absolute atomic E-state index is 12.1. The van der Waals surface area contributed by atoms with Gasteiger partial charge in [0.05, 0.1) is 24.5 Å². The van der Waals surface area contributed by atoms with E-state index in [9.17, 15) is 8.42 Å². The summed E-state index contributed by atoms with van der Waals surface area (Å²) >= 11 is 0. The minimum Gasteiger partial charge on any atom is -0.378 e. The Morgan fingerprint density at radius 2 is 2.12 bits per heavy atom. The van der Waals surface area contributed by atoms with Crippen LogP contribution in [0.5, 0.6) is 0 Å². The van der Waals surface area contributed by atoms with Gasteiger partial charge in [0, 0.05) is 6.54 Å². The molecule has 1 aliphatic heterocycles. The van der Waals surface area contributed by atoms with Crippen molar-refractivity contribution in [1.82, 2.24) is 9.62 Å². The van der Waals surface area contributed by atoms with E-state index in [1.807, 2.05) is 20.9 Å². The summed E-state index contributed by atoms with van der Waals surface area (Å²) in [5.41, 5.74) is -0.420. The SMILES string of the molecule is CNCCCS(=O)(=O)N1CCOCC1(C)C. The van der Waals surface area contributed by atoms with E-state index in [0.717, 1.165) is 6.54 Å². The van der Waals surface area contributed by atoms with Gasteiger partial charge in [-0.05, 0) is 33.9 Å². The van der Waals surface area contributed by atoms with Gasteiger partial charge in [-0.15, -0.1) is 0 Å². The molecule has 16 heavy (non-hydrogen) atoms. The lowest BCUT2D eigenvalue weighted by Crippen LogP contribution is -2.56. The van der Waals surface area contributed by atoms with Crippen LogP contribution in [0.3, 0.4) is 0 Å². The van der Waals surface area contributed by atoms with E-state index in [2.05, 4.69) is 5.32 Å². The van der Waals surface area contributed by atoms with Gasteiger partial charge in [0.25, 0.3) is 0 Å². The van der Waals surface area contributed by atoms with E-state index in [4.69, 9.17) is 4.74 Å². The van der Waals surface area contributed by atoms with E-state index in [-0.39, 0.29) is 5.75 Å². The monoisotopic (exact) mass is 250 g/mol. The van der Waals surface area contributed by atoms with Gasteiger partial charge in [-0.3, -0.25) is 0 Å². The zero-order valence-electron chi connectivity index (χ0n) is 10.3. The van der Waals surface area contributed by atoms with E-state index in [0.29, 0.717) is 26.2 Å². The Bertz CT molecular complexity index is 314. The molecule has 0 unspecified atom stereocenters. The quantitative estimate of drug-likeness (QED) is 0.700. The molecule has 1 fully saturated rings. The fraction of sp³-hybridized carbons (Fsp3) is 1.00. The number of ether oxygens (including phenoxy) is 1. The third-order valence-corrected chi connectivity index (χ3v) is 4.89. The molecule has 0 saturated carbocycles. The molecule has 6 heteroatoms. The first-order valence-electron chi connectivity index (χ1n) is 5.63. The molecule has 1 heterocycles. The highest BCUT2D eigenvalue weighted by Gasteiger charge is 2.38. The van der Waals surface area contributed by atoms with Crippen molar-refractivity contribution in [1.29, 1.82) is 0 Å². The first kappa shape index (κ1) is 13.9. The highest BCUT2D eigenvalue weighted by Crippen LogP contribution is 2.23. The molecule has 0 radical (unpaired) electrons. The highest BCUT2D eigenvalue weighted by molar-refractivity contribution is 7.89. The molecule has 1 saturated heterocycles. The standard InChI is InChI=1S/C10H22N2O3S/c1-10(2)9-15-7-6-12(10)16(13,14)8-4-5-11-3/h11H,4-9H2,1-3H3. The van der Waals surface area contributed by atoms with Crippen LogP contribution in [0.1, 0.15) is 20.3 Å². The van der Waals surface area contributed by atoms with Crippen LogP contribution >= 0.6 is 0 Å². The number of sulfonamides is 1. The predicted molar refractivity (Wildman–Crippen MR) is 63.9 cm³/mol. The van der Waals surface area contributed by atoms with Crippen molar-refractivity contribution < 1.29 is 13.2 Å². The first-order valence-corrected chi connectivity index (χ1v) is 7.24. The molecule has 0 bridgehead atoms. The Kier molecular flexibility index (Phi) is 4.73. The summed E-state index contributed by atoms with van der Waals surface area (Å²) < 4.78 is 31.1. The number of nitrogens with one attached hydrogen (secondary N) is 1.